The van der Waals surface area contributed by atoms with E-state index in [1.54, 1.807) is 25.7 Å². The summed E-state index contributed by atoms with van der Waals surface area (Å²) < 4.78 is 30.3. The number of amides is 3. The highest BCUT2D eigenvalue weighted by molar-refractivity contribution is 7.90. The Morgan fingerprint density at radius 2 is 1.75 bits per heavy atom. The lowest BCUT2D eigenvalue weighted by Gasteiger charge is -2.36. The Bertz CT molecular complexity index is 1220. The number of nitrogens with zero attached hydrogens (tertiary/aromatic N) is 5. The average Bonchev–Trinajstić information content (AvgIpc) is 3.01. The third-order valence-electron chi connectivity index (χ3n) is 5.93. The number of hydroxylamine groups is 2. The molecule has 0 bridgehead atoms. The Balaban J connectivity index is 2.07. The van der Waals surface area contributed by atoms with Crippen LogP contribution in [0, 0.1) is 0 Å². The fourth-order valence-corrected chi connectivity index (χ4v) is 4.97. The standard InChI is InChI=1S/C22H31N5O8S/c1-21(2,3)35-20(31)27(32)22(4)17(23-24(5)18(22)28)14-7-8-16(36(6,33)34)15(13-14)25-9-11-26(12-10-25)19(29)30/h7-8,13,32H,9-12H2,1-6H3,(H,29,30). The van der Waals surface area contributed by atoms with Crippen molar-refractivity contribution in [3.63, 3.8) is 0 Å². The maximum Gasteiger partial charge on any atom is 0.435 e. The van der Waals surface area contributed by atoms with Crippen molar-refractivity contribution in [3.05, 3.63) is 23.8 Å². The number of anilines is 1. The molecule has 0 aromatic heterocycles. The molecule has 36 heavy (non-hydrogen) atoms. The SMILES string of the molecule is CN1N=C(c2ccc(S(C)(=O)=O)c(N3CCN(C(=O)O)CC3)c2)C(C)(N(O)C(=O)OC(C)(C)C)C1=O. The topological polar surface area (TPSA) is 160 Å². The van der Waals surface area contributed by atoms with Gasteiger partial charge in [0.05, 0.1) is 10.6 Å². The van der Waals surface area contributed by atoms with Crippen molar-refractivity contribution in [3.8, 4) is 0 Å². The van der Waals surface area contributed by atoms with E-state index in [4.69, 9.17) is 4.74 Å². The summed E-state index contributed by atoms with van der Waals surface area (Å²) in [6, 6.07) is 4.32. The molecule has 198 valence electrons. The molecule has 1 atom stereocenters. The number of carbonyl (C=O) groups excluding carboxylic acids is 2. The van der Waals surface area contributed by atoms with Gasteiger partial charge >= 0.3 is 12.2 Å². The lowest BCUT2D eigenvalue weighted by atomic mass is 9.89. The predicted molar refractivity (Wildman–Crippen MR) is 129 cm³/mol. The molecule has 2 N–H and O–H groups in total. The van der Waals surface area contributed by atoms with Crippen LogP contribution in [0.4, 0.5) is 15.3 Å². The van der Waals surface area contributed by atoms with Gasteiger partial charge in [-0.1, -0.05) is 6.07 Å². The maximum atomic E-state index is 13.1. The Morgan fingerprint density at radius 1 is 1.17 bits per heavy atom. The minimum atomic E-state index is -3.68. The number of hydrazone groups is 1. The molecule has 3 amide bonds. The van der Waals surface area contributed by atoms with Crippen molar-refractivity contribution in [2.24, 2.45) is 5.10 Å². The minimum absolute atomic E-state index is 0.00818. The molecule has 0 saturated carbocycles. The van der Waals surface area contributed by atoms with Gasteiger partial charge in [-0.3, -0.25) is 10.0 Å². The Labute approximate surface area is 209 Å². The lowest BCUT2D eigenvalue weighted by molar-refractivity contribution is -0.161. The van der Waals surface area contributed by atoms with E-state index in [0.717, 1.165) is 11.3 Å². The molecule has 2 heterocycles. The Morgan fingerprint density at radius 3 is 2.25 bits per heavy atom. The van der Waals surface area contributed by atoms with Crippen molar-refractivity contribution < 1.29 is 37.9 Å². The van der Waals surface area contributed by atoms with E-state index < -0.39 is 39.1 Å². The number of carbonyl (C=O) groups is 3. The second-order valence-electron chi connectivity index (χ2n) is 9.85. The number of hydrogen-bond acceptors (Lipinski definition) is 9. The number of piperazine rings is 1. The van der Waals surface area contributed by atoms with E-state index >= 15 is 0 Å². The first-order valence-electron chi connectivity index (χ1n) is 11.1. The highest BCUT2D eigenvalue weighted by atomic mass is 32.2. The maximum absolute atomic E-state index is 13.1. The van der Waals surface area contributed by atoms with Crippen LogP contribution in [0.25, 0.3) is 0 Å². The molecule has 1 aromatic rings. The summed E-state index contributed by atoms with van der Waals surface area (Å²) in [7, 11) is -2.31. The van der Waals surface area contributed by atoms with Crippen molar-refractivity contribution >= 4 is 39.3 Å². The van der Waals surface area contributed by atoms with Crippen LogP contribution < -0.4 is 4.90 Å². The van der Waals surface area contributed by atoms with E-state index in [1.165, 1.54) is 37.1 Å². The van der Waals surface area contributed by atoms with Gasteiger partial charge in [-0.2, -0.15) is 10.2 Å². The fourth-order valence-electron chi connectivity index (χ4n) is 4.09. The summed E-state index contributed by atoms with van der Waals surface area (Å²) in [4.78, 5) is 40.0. The van der Waals surface area contributed by atoms with Crippen LogP contribution in [0.1, 0.15) is 33.3 Å². The average molecular weight is 526 g/mol. The van der Waals surface area contributed by atoms with E-state index in [0.29, 0.717) is 11.3 Å². The molecule has 2 aliphatic heterocycles. The number of benzene rings is 1. The third kappa shape index (κ3) is 5.09. The summed E-state index contributed by atoms with van der Waals surface area (Å²) in [5, 5.41) is 25.5. The number of sulfone groups is 1. The van der Waals surface area contributed by atoms with E-state index in [2.05, 4.69) is 5.10 Å². The zero-order valence-corrected chi connectivity index (χ0v) is 21.9. The largest absolute Gasteiger partial charge is 0.465 e. The molecule has 1 fully saturated rings. The van der Waals surface area contributed by atoms with Crippen LogP contribution >= 0.6 is 0 Å². The molecular formula is C22H31N5O8S. The molecule has 1 saturated heterocycles. The Hall–Kier alpha value is -3.39. The summed E-state index contributed by atoms with van der Waals surface area (Å²) in [5.41, 5.74) is -2.30. The second-order valence-corrected chi connectivity index (χ2v) is 11.8. The zero-order chi connectivity index (χ0) is 27.2. The number of ether oxygens (including phenoxy) is 1. The molecule has 2 aliphatic rings. The molecule has 0 radical (unpaired) electrons. The molecule has 1 aromatic carbocycles. The van der Waals surface area contributed by atoms with Crippen LogP contribution in [-0.4, -0.2) is 108 Å². The lowest BCUT2D eigenvalue weighted by Crippen LogP contribution is -2.59. The molecule has 13 nitrogen and oxygen atoms in total. The molecule has 1 unspecified atom stereocenters. The first-order valence-corrected chi connectivity index (χ1v) is 13.0. The van der Waals surface area contributed by atoms with Gasteiger partial charge < -0.3 is 19.6 Å². The fraction of sp³-hybridized carbons (Fsp3) is 0.545. The quantitative estimate of drug-likeness (QED) is 0.438. The van der Waals surface area contributed by atoms with Crippen LogP contribution in [-0.2, 0) is 19.4 Å². The van der Waals surface area contributed by atoms with Gasteiger partial charge in [0, 0.05) is 45.0 Å². The van der Waals surface area contributed by atoms with E-state index in [-0.39, 0.29) is 41.8 Å². The van der Waals surface area contributed by atoms with Gasteiger partial charge in [-0.25, -0.2) is 23.0 Å². The molecule has 0 aliphatic carbocycles. The summed E-state index contributed by atoms with van der Waals surface area (Å²) in [6.45, 7) is 6.97. The van der Waals surface area contributed by atoms with E-state index in [1.807, 2.05) is 0 Å². The monoisotopic (exact) mass is 525 g/mol. The Kier molecular flexibility index (Phi) is 6.98. The summed E-state index contributed by atoms with van der Waals surface area (Å²) >= 11 is 0. The van der Waals surface area contributed by atoms with Crippen LogP contribution in [0.3, 0.4) is 0 Å². The first-order chi connectivity index (χ1) is 16.5. The highest BCUT2D eigenvalue weighted by Crippen LogP contribution is 2.34. The first kappa shape index (κ1) is 27.2. The summed E-state index contributed by atoms with van der Waals surface area (Å²) in [5.74, 6) is -0.699. The van der Waals surface area contributed by atoms with Gasteiger partial charge in [0.2, 0.25) is 0 Å². The predicted octanol–water partition coefficient (Wildman–Crippen LogP) is 1.45. The van der Waals surface area contributed by atoms with Crippen molar-refractivity contribution in [1.29, 1.82) is 0 Å². The number of hydrogen-bond donors (Lipinski definition) is 2. The van der Waals surface area contributed by atoms with Gasteiger partial charge in [-0.05, 0) is 39.8 Å². The molecule has 14 heteroatoms. The number of carboxylic acid groups (broad SMARTS) is 1. The minimum Gasteiger partial charge on any atom is -0.465 e. The molecule has 0 spiro atoms. The van der Waals surface area contributed by atoms with Crippen molar-refractivity contribution in [1.82, 2.24) is 15.0 Å². The van der Waals surface area contributed by atoms with Crippen LogP contribution in [0.2, 0.25) is 0 Å². The second kappa shape index (κ2) is 9.24. The van der Waals surface area contributed by atoms with Crippen LogP contribution in [0.5, 0.6) is 0 Å². The smallest absolute Gasteiger partial charge is 0.435 e. The number of rotatable bonds is 4. The van der Waals surface area contributed by atoms with Gasteiger partial charge in [0.15, 0.2) is 15.4 Å². The molecule has 3 rings (SSSR count). The van der Waals surface area contributed by atoms with Gasteiger partial charge in [0.25, 0.3) is 5.91 Å². The van der Waals surface area contributed by atoms with Crippen molar-refractivity contribution in [2.45, 2.75) is 43.7 Å². The van der Waals surface area contributed by atoms with E-state index in [9.17, 15) is 33.1 Å². The highest BCUT2D eigenvalue weighted by Gasteiger charge is 2.54. The molecular weight excluding hydrogens is 494 g/mol. The summed E-state index contributed by atoms with van der Waals surface area (Å²) in [6.07, 6.45) is -1.15. The normalized spacial score (nSPS) is 20.9. The van der Waals surface area contributed by atoms with Crippen LogP contribution in [0.15, 0.2) is 28.2 Å². The number of likely N-dealkylation sites (N-methyl/N-ethyl adjacent to an activating group) is 1. The van der Waals surface area contributed by atoms with Gasteiger partial charge in [0.1, 0.15) is 11.3 Å². The zero-order valence-electron chi connectivity index (χ0n) is 21.0. The third-order valence-corrected chi connectivity index (χ3v) is 7.08. The van der Waals surface area contributed by atoms with Gasteiger partial charge in [-0.15, -0.1) is 0 Å². The van der Waals surface area contributed by atoms with Crippen molar-refractivity contribution in [2.75, 3.05) is 44.4 Å².